The number of aryl methyl sites for hydroxylation is 2. The summed E-state index contributed by atoms with van der Waals surface area (Å²) in [7, 11) is 0. The molecule has 2 aliphatic heterocycles. The quantitative estimate of drug-likeness (QED) is 0.0118. The topological polar surface area (TPSA) is 441 Å². The molecule has 4 amide bonds. The van der Waals surface area contributed by atoms with E-state index in [0.29, 0.717) is 60.8 Å². The monoisotopic (exact) mass is 2030 g/mol. The standard InChI is InChI=1S/C84H98N6O15.C32H44N4O7/c1-10-11-12-23-50-36-38-51(39-37-50)67-40-52-42-90(82(97)89-79(52)104-67)70-41-68(105-81(96)74(49(8)9)86-78(94)64-35-22-33-62(64)76(92)72(47(4)5)88-84(99)102-44-66-59-30-19-15-26-55(59)56-27-16-20-31-60(56)66)69(103-70)45-100-80(95)73(48(6)7)85-77(93)63-34-21-32-61(63)75(91)71(46(2)3)87-83(98)101-43-65-57-28-17-13-24-53(57)54-25-14-18-29-58(54)65;1-6-7-8-9-20-10-12-21(13-11-20)23-14-22-16-36(32(39)35-29(22)42-23)26-15-24(43-31(38)28(34)19(4)5)25(41-26)17-40-30(37)27(33)18(2)3/h13-20,24-31,36-40,42,46-49,61-66,68-74H,10-12,21-23,32-35,41,43-45H2,1-9H3,(H,85,93)(H,86,94)(H,87,98)(H,88,99);10-14,16,18-19,24-28H,6-9,15,17,33-34H2,1-5H3/t61?,62?,63?,64?,68?,69-,70-,71?,72?,73?,74?;24?,25-,26-,27?,28?/m11/s1. The molecular formula is C116H142N10O22. The lowest BCUT2D eigenvalue weighted by Gasteiger charge is -2.29. The van der Waals surface area contributed by atoms with Gasteiger partial charge in [0.05, 0.1) is 22.9 Å². The van der Waals surface area contributed by atoms with Crippen LogP contribution in [0.3, 0.4) is 0 Å². The number of alkyl carbamates (subject to hydrolysis) is 2. The normalized spacial score (nSPS) is 20.6. The number of carbonyl (C=O) groups is 10. The molecular weight excluding hydrogens is 1890 g/mol. The summed E-state index contributed by atoms with van der Waals surface area (Å²) in [5.41, 5.74) is 23.5. The van der Waals surface area contributed by atoms with Crippen LogP contribution in [0.25, 0.3) is 67.1 Å². The Morgan fingerprint density at radius 1 is 0.392 bits per heavy atom. The largest absolute Gasteiger partial charge is 0.462 e. The van der Waals surface area contributed by atoms with Gasteiger partial charge < -0.3 is 79.5 Å². The highest BCUT2D eigenvalue weighted by Gasteiger charge is 2.49. The van der Waals surface area contributed by atoms with E-state index in [0.717, 1.165) is 94.2 Å². The number of esters is 4. The molecule has 4 fully saturated rings. The number of rotatable bonds is 42. The number of fused-ring (bicyclic) bond motifs is 8. The minimum Gasteiger partial charge on any atom is -0.462 e. The van der Waals surface area contributed by atoms with Gasteiger partial charge in [0, 0.05) is 71.9 Å². The summed E-state index contributed by atoms with van der Waals surface area (Å²) >= 11 is 0. The van der Waals surface area contributed by atoms with E-state index >= 15 is 0 Å². The molecule has 8 N–H and O–H groups in total. The van der Waals surface area contributed by atoms with Crippen molar-refractivity contribution in [2.45, 2.75) is 285 Å². The molecule has 2 saturated carbocycles. The highest BCUT2D eigenvalue weighted by atomic mass is 16.6. The van der Waals surface area contributed by atoms with E-state index in [2.05, 4.69) is 69.3 Å². The smallest absolute Gasteiger partial charge is 0.407 e. The van der Waals surface area contributed by atoms with Gasteiger partial charge in [0.2, 0.25) is 23.2 Å². The zero-order valence-corrected chi connectivity index (χ0v) is 87.1. The van der Waals surface area contributed by atoms with E-state index < -0.39 is 174 Å². The fourth-order valence-electron chi connectivity index (χ4n) is 21.0. The molecule has 0 bridgehead atoms. The van der Waals surface area contributed by atoms with Gasteiger partial charge in [-0.15, -0.1) is 0 Å². The van der Waals surface area contributed by atoms with E-state index in [1.54, 1.807) is 46.2 Å². The predicted molar refractivity (Wildman–Crippen MR) is 557 cm³/mol. The van der Waals surface area contributed by atoms with Gasteiger partial charge in [-0.1, -0.05) is 281 Å². The number of hydrogen-bond acceptors (Lipinski definition) is 26. The Labute approximate surface area is 863 Å². The summed E-state index contributed by atoms with van der Waals surface area (Å²) in [6.45, 7) is 25.2. The number of aromatic nitrogens is 4. The Hall–Kier alpha value is -13.3. The SMILES string of the molecule is CCCCCc1ccc(-c2cc3cn([C@H]4CC(OC(=O)C(N)C(C)C)[C@@H](COC(=O)C(N)C(C)C)O4)c(=O)nc3o2)cc1.CCCCCc1ccc(-c2cc3cn([C@H]4CC(OC(=O)C(NC(=O)C5CCCC5C(=O)C(NC(=O)OCC5c6ccccc6-c6ccccc65)C(C)C)C(C)C)[C@@H](COC(=O)C(NC(=O)C5CCCC5C(=O)C(NC(=O)OCC5c6ccccc6-c6ccccc65)C(C)C)C(C)C)O4)c(=O)nc3o2)cc1. The first-order chi connectivity index (χ1) is 71.0. The van der Waals surface area contributed by atoms with Crippen LogP contribution in [0.1, 0.15) is 244 Å². The summed E-state index contributed by atoms with van der Waals surface area (Å²) in [6.07, 6.45) is 7.03. The number of nitrogens with zero attached hydrogens (tertiary/aromatic N) is 4. The van der Waals surface area contributed by atoms with Crippen LogP contribution in [0.4, 0.5) is 9.59 Å². The molecule has 4 aliphatic carbocycles. The minimum atomic E-state index is -1.25. The van der Waals surface area contributed by atoms with Gasteiger partial charge in [-0.05, 0) is 155 Å². The first-order valence-corrected chi connectivity index (χ1v) is 52.8. The number of amides is 4. The van der Waals surface area contributed by atoms with E-state index in [4.69, 9.17) is 58.2 Å². The number of benzene rings is 6. The highest BCUT2D eigenvalue weighted by molar-refractivity contribution is 5.97. The number of furan rings is 2. The zero-order valence-electron chi connectivity index (χ0n) is 87.1. The number of ether oxygens (including phenoxy) is 8. The van der Waals surface area contributed by atoms with Crippen molar-refractivity contribution in [3.63, 3.8) is 0 Å². The van der Waals surface area contributed by atoms with Crippen LogP contribution in [0.2, 0.25) is 0 Å². The second-order valence-corrected chi connectivity index (χ2v) is 42.3. The molecule has 0 radical (unpaired) electrons. The van der Waals surface area contributed by atoms with Crippen molar-refractivity contribution in [1.29, 1.82) is 0 Å². The van der Waals surface area contributed by atoms with Crippen LogP contribution in [-0.4, -0.2) is 166 Å². The highest BCUT2D eigenvalue weighted by Crippen LogP contribution is 2.48. The summed E-state index contributed by atoms with van der Waals surface area (Å²) in [5, 5.41) is 12.6. The lowest BCUT2D eigenvalue weighted by molar-refractivity contribution is -0.164. The van der Waals surface area contributed by atoms with Crippen molar-refractivity contribution in [2.75, 3.05) is 26.4 Å². The van der Waals surface area contributed by atoms with Crippen LogP contribution in [0.15, 0.2) is 189 Å². The molecule has 32 heteroatoms. The molecule has 16 atom stereocenters. The van der Waals surface area contributed by atoms with E-state index in [-0.39, 0.29) is 91.2 Å². The van der Waals surface area contributed by atoms with Crippen molar-refractivity contribution in [3.8, 4) is 44.9 Å². The maximum atomic E-state index is 14.8. The third-order valence-electron chi connectivity index (χ3n) is 29.8. The second kappa shape index (κ2) is 49.2. The van der Waals surface area contributed by atoms with E-state index in [1.807, 2.05) is 183 Å². The molecule has 788 valence electrons. The van der Waals surface area contributed by atoms with Crippen LogP contribution in [-0.2, 0) is 89.1 Å². The molecule has 148 heavy (non-hydrogen) atoms. The van der Waals surface area contributed by atoms with Crippen molar-refractivity contribution < 1.29 is 94.7 Å². The summed E-state index contributed by atoms with van der Waals surface area (Å²) < 4.78 is 62.5. The number of unbranched alkanes of at least 4 members (excludes halogenated alkanes) is 4. The number of ketones is 2. The van der Waals surface area contributed by atoms with Crippen LogP contribution in [0.5, 0.6) is 0 Å². The Morgan fingerprint density at radius 3 is 1.10 bits per heavy atom. The van der Waals surface area contributed by atoms with Gasteiger partial charge in [0.25, 0.3) is 0 Å². The number of nitrogens with one attached hydrogen (secondary N) is 4. The Kier molecular flexibility index (Phi) is 36.2. The number of hydrogen-bond donors (Lipinski definition) is 6. The molecule has 2 saturated heterocycles. The van der Waals surface area contributed by atoms with Crippen molar-refractivity contribution in [1.82, 2.24) is 40.4 Å². The summed E-state index contributed by atoms with van der Waals surface area (Å²) in [5.74, 6) is -9.21. The fraction of sp³-hybridized carbons (Fsp3) is 0.500. The lowest BCUT2D eigenvalue weighted by Crippen LogP contribution is -2.52. The van der Waals surface area contributed by atoms with Gasteiger partial charge in [0.15, 0.2) is 11.6 Å². The zero-order chi connectivity index (χ0) is 106. The lowest BCUT2D eigenvalue weighted by atomic mass is 9.84. The molecule has 12 unspecified atom stereocenters. The van der Waals surface area contributed by atoms with Gasteiger partial charge in [0.1, 0.15) is 99.0 Å². The Balaban J connectivity index is 0.000000317. The third-order valence-corrected chi connectivity index (χ3v) is 29.8. The van der Waals surface area contributed by atoms with Crippen LogP contribution in [0, 0.1) is 59.2 Å². The molecule has 0 spiro atoms. The van der Waals surface area contributed by atoms with Crippen molar-refractivity contribution in [3.05, 3.63) is 224 Å². The molecule has 6 heterocycles. The number of nitrogens with two attached hydrogens (primary N) is 2. The number of carbonyl (C=O) groups excluding carboxylic acids is 10. The minimum absolute atomic E-state index is 0.0492. The first kappa shape index (κ1) is 109. The molecule has 16 rings (SSSR count). The van der Waals surface area contributed by atoms with Gasteiger partial charge in [-0.3, -0.25) is 37.9 Å². The van der Waals surface area contributed by atoms with Crippen molar-refractivity contribution in [2.24, 2.45) is 70.6 Å². The van der Waals surface area contributed by atoms with Crippen molar-refractivity contribution >= 4 is 81.6 Å². The maximum absolute atomic E-state index is 14.8. The van der Waals surface area contributed by atoms with Gasteiger partial charge in [-0.2, -0.15) is 9.97 Å². The molecule has 6 aromatic carbocycles. The summed E-state index contributed by atoms with van der Waals surface area (Å²) in [6, 6.07) is 45.7. The molecule has 4 aromatic heterocycles. The Morgan fingerprint density at radius 2 is 0.736 bits per heavy atom. The summed E-state index contributed by atoms with van der Waals surface area (Å²) in [4.78, 5) is 176. The predicted octanol–water partition coefficient (Wildman–Crippen LogP) is 17.6. The average molecular weight is 2030 g/mol. The van der Waals surface area contributed by atoms with Crippen LogP contribution >= 0.6 is 0 Å². The van der Waals surface area contributed by atoms with E-state index in [1.165, 1.54) is 33.1 Å². The van der Waals surface area contributed by atoms with Gasteiger partial charge >= 0.3 is 47.4 Å². The number of Topliss-reactive ketones (excluding diaryl/α,β-unsaturated/α-hetero) is 2. The van der Waals surface area contributed by atoms with Crippen LogP contribution < -0.4 is 44.1 Å². The molecule has 10 aromatic rings. The third kappa shape index (κ3) is 25.5. The Bertz CT molecular complexity index is 6430. The fourth-order valence-corrected chi connectivity index (χ4v) is 21.0. The first-order valence-electron chi connectivity index (χ1n) is 52.8. The van der Waals surface area contributed by atoms with Gasteiger partial charge in [-0.25, -0.2) is 28.8 Å². The molecule has 32 nitrogen and oxygen atoms in total. The second-order valence-electron chi connectivity index (χ2n) is 42.3. The maximum Gasteiger partial charge on any atom is 0.407 e. The average Bonchev–Trinajstić information content (AvgIpc) is 1.62. The van der Waals surface area contributed by atoms with E-state index in [9.17, 15) is 57.5 Å². The molecule has 6 aliphatic rings.